The Hall–Kier alpha value is -0.540. The molecule has 0 unspecified atom stereocenters. The lowest BCUT2D eigenvalue weighted by Gasteiger charge is -2.02. The van der Waals surface area contributed by atoms with Crippen molar-refractivity contribution in [1.29, 1.82) is 0 Å². The van der Waals surface area contributed by atoms with Crippen molar-refractivity contribution in [1.82, 2.24) is 0 Å². The van der Waals surface area contributed by atoms with E-state index in [0.717, 1.165) is 11.3 Å². The summed E-state index contributed by atoms with van der Waals surface area (Å²) in [7, 11) is 0. The molecule has 0 aliphatic carbocycles. The van der Waals surface area contributed by atoms with Crippen molar-refractivity contribution in [2.75, 3.05) is 5.75 Å². The summed E-state index contributed by atoms with van der Waals surface area (Å²) in [5.74, 6) is 2.29. The molecule has 0 saturated carbocycles. The van der Waals surface area contributed by atoms with E-state index in [4.69, 9.17) is 18.0 Å². The number of rotatable bonds is 5. The van der Waals surface area contributed by atoms with Crippen molar-refractivity contribution < 1.29 is 0 Å². The first-order chi connectivity index (χ1) is 6.74. The molecule has 76 valence electrons. The van der Waals surface area contributed by atoms with Crippen molar-refractivity contribution in [3.05, 3.63) is 35.4 Å². The molecule has 0 amide bonds. The lowest BCUT2D eigenvalue weighted by molar-refractivity contribution is 1.10. The van der Waals surface area contributed by atoms with Crippen LogP contribution in [0.1, 0.15) is 24.5 Å². The van der Waals surface area contributed by atoms with Crippen LogP contribution in [0.4, 0.5) is 0 Å². The molecule has 0 fully saturated rings. The molecule has 0 aliphatic rings. The van der Waals surface area contributed by atoms with Crippen molar-refractivity contribution in [2.24, 2.45) is 5.73 Å². The topological polar surface area (TPSA) is 26.0 Å². The predicted molar refractivity (Wildman–Crippen MR) is 68.8 cm³/mol. The van der Waals surface area contributed by atoms with Gasteiger partial charge in [0.1, 0.15) is 4.99 Å². The number of thioether (sulfide) groups is 1. The largest absolute Gasteiger partial charge is 0.389 e. The van der Waals surface area contributed by atoms with E-state index >= 15 is 0 Å². The lowest BCUT2D eigenvalue weighted by atomic mass is 10.1. The second-order valence-corrected chi connectivity index (χ2v) is 4.66. The molecule has 3 heteroatoms. The molecule has 0 heterocycles. The zero-order valence-corrected chi connectivity index (χ0v) is 9.96. The molecule has 0 aromatic heterocycles. The van der Waals surface area contributed by atoms with E-state index in [0.29, 0.717) is 4.99 Å². The molecule has 1 rings (SSSR count). The van der Waals surface area contributed by atoms with Gasteiger partial charge in [0.05, 0.1) is 0 Å². The van der Waals surface area contributed by atoms with Gasteiger partial charge < -0.3 is 5.73 Å². The Bertz CT molecular complexity index is 293. The van der Waals surface area contributed by atoms with Crippen molar-refractivity contribution in [3.63, 3.8) is 0 Å². The molecule has 1 aromatic rings. The minimum absolute atomic E-state index is 0.470. The standard InChI is InChI=1S/C11H15NS2/c1-2-7-14-8-9-3-5-10(6-4-9)11(12)13/h3-6H,2,7-8H2,1H3,(H2,12,13). The van der Waals surface area contributed by atoms with Crippen LogP contribution in [0.5, 0.6) is 0 Å². The number of hydrogen-bond acceptors (Lipinski definition) is 2. The van der Waals surface area contributed by atoms with Gasteiger partial charge in [-0.15, -0.1) is 0 Å². The Labute approximate surface area is 95.1 Å². The highest BCUT2D eigenvalue weighted by molar-refractivity contribution is 7.98. The fraction of sp³-hybridized carbons (Fsp3) is 0.364. The van der Waals surface area contributed by atoms with Gasteiger partial charge in [-0.1, -0.05) is 43.4 Å². The third-order valence-electron chi connectivity index (χ3n) is 1.86. The van der Waals surface area contributed by atoms with Crippen LogP contribution >= 0.6 is 24.0 Å². The van der Waals surface area contributed by atoms with Gasteiger partial charge in [0, 0.05) is 11.3 Å². The van der Waals surface area contributed by atoms with E-state index in [-0.39, 0.29) is 0 Å². The second kappa shape index (κ2) is 6.04. The average Bonchev–Trinajstić information content (AvgIpc) is 2.19. The minimum Gasteiger partial charge on any atom is -0.389 e. The first kappa shape index (κ1) is 11.5. The Balaban J connectivity index is 2.51. The highest BCUT2D eigenvalue weighted by Gasteiger charge is 1.96. The van der Waals surface area contributed by atoms with Crippen LogP contribution < -0.4 is 5.73 Å². The van der Waals surface area contributed by atoms with E-state index in [1.54, 1.807) is 0 Å². The van der Waals surface area contributed by atoms with Crippen molar-refractivity contribution in [2.45, 2.75) is 19.1 Å². The van der Waals surface area contributed by atoms with Gasteiger partial charge >= 0.3 is 0 Å². The van der Waals surface area contributed by atoms with Crippen molar-refractivity contribution in [3.8, 4) is 0 Å². The van der Waals surface area contributed by atoms with E-state index < -0.39 is 0 Å². The molecule has 0 bridgehead atoms. The zero-order chi connectivity index (χ0) is 10.4. The average molecular weight is 225 g/mol. The van der Waals surface area contributed by atoms with E-state index in [1.165, 1.54) is 17.7 Å². The molecule has 2 N–H and O–H groups in total. The first-order valence-electron chi connectivity index (χ1n) is 4.70. The number of thiocarbonyl (C=S) groups is 1. The molecular weight excluding hydrogens is 210 g/mol. The predicted octanol–water partition coefficient (Wildman–Crippen LogP) is 2.96. The van der Waals surface area contributed by atoms with E-state index in [2.05, 4.69) is 19.1 Å². The van der Waals surface area contributed by atoms with Crippen LogP contribution in [-0.4, -0.2) is 10.7 Å². The quantitative estimate of drug-likeness (QED) is 0.616. The molecular formula is C11H15NS2. The normalized spacial score (nSPS) is 10.1. The third-order valence-corrected chi connectivity index (χ3v) is 3.33. The van der Waals surface area contributed by atoms with Gasteiger partial charge in [-0.2, -0.15) is 11.8 Å². The Morgan fingerprint density at radius 2 is 2.00 bits per heavy atom. The maximum Gasteiger partial charge on any atom is 0.103 e. The molecule has 0 spiro atoms. The maximum absolute atomic E-state index is 5.51. The van der Waals surface area contributed by atoms with Crippen LogP contribution in [-0.2, 0) is 5.75 Å². The lowest BCUT2D eigenvalue weighted by Crippen LogP contribution is -2.08. The van der Waals surface area contributed by atoms with Gasteiger partial charge in [-0.05, 0) is 17.7 Å². The highest BCUT2D eigenvalue weighted by Crippen LogP contribution is 2.13. The summed E-state index contributed by atoms with van der Waals surface area (Å²) >= 11 is 6.84. The summed E-state index contributed by atoms with van der Waals surface area (Å²) in [6.45, 7) is 2.20. The molecule has 14 heavy (non-hydrogen) atoms. The monoisotopic (exact) mass is 225 g/mol. The SMILES string of the molecule is CCCSCc1ccc(C(N)=S)cc1. The second-order valence-electron chi connectivity index (χ2n) is 3.11. The third kappa shape index (κ3) is 3.68. The summed E-state index contributed by atoms with van der Waals surface area (Å²) in [5, 5.41) is 0. The van der Waals surface area contributed by atoms with Gasteiger partial charge in [-0.25, -0.2) is 0 Å². The summed E-state index contributed by atoms with van der Waals surface area (Å²) in [5.41, 5.74) is 7.80. The van der Waals surface area contributed by atoms with E-state index in [1.807, 2.05) is 23.9 Å². The number of hydrogen-bond donors (Lipinski definition) is 1. The van der Waals surface area contributed by atoms with Crippen LogP contribution in [0.2, 0.25) is 0 Å². The van der Waals surface area contributed by atoms with Crippen LogP contribution in [0.15, 0.2) is 24.3 Å². The minimum atomic E-state index is 0.470. The summed E-state index contributed by atoms with van der Waals surface area (Å²) in [4.78, 5) is 0.470. The van der Waals surface area contributed by atoms with E-state index in [9.17, 15) is 0 Å². The smallest absolute Gasteiger partial charge is 0.103 e. The molecule has 1 aromatic carbocycles. The maximum atomic E-state index is 5.51. The molecule has 1 nitrogen and oxygen atoms in total. The van der Waals surface area contributed by atoms with Gasteiger partial charge in [0.25, 0.3) is 0 Å². The van der Waals surface area contributed by atoms with Crippen LogP contribution in [0, 0.1) is 0 Å². The van der Waals surface area contributed by atoms with Gasteiger partial charge in [0.2, 0.25) is 0 Å². The highest BCUT2D eigenvalue weighted by atomic mass is 32.2. The molecule has 0 saturated heterocycles. The van der Waals surface area contributed by atoms with Crippen LogP contribution in [0.25, 0.3) is 0 Å². The molecule has 0 aliphatic heterocycles. The molecule has 0 atom stereocenters. The fourth-order valence-electron chi connectivity index (χ4n) is 1.10. The Morgan fingerprint density at radius 1 is 1.36 bits per heavy atom. The summed E-state index contributed by atoms with van der Waals surface area (Å²) in [6.07, 6.45) is 1.23. The summed E-state index contributed by atoms with van der Waals surface area (Å²) in [6, 6.07) is 8.17. The van der Waals surface area contributed by atoms with Crippen LogP contribution in [0.3, 0.4) is 0 Å². The zero-order valence-electron chi connectivity index (χ0n) is 8.32. The van der Waals surface area contributed by atoms with Crippen molar-refractivity contribution >= 4 is 29.0 Å². The number of nitrogens with two attached hydrogens (primary N) is 1. The fourth-order valence-corrected chi connectivity index (χ4v) is 2.10. The summed E-state index contributed by atoms with van der Waals surface area (Å²) < 4.78 is 0. The number of benzene rings is 1. The van der Waals surface area contributed by atoms with Gasteiger partial charge in [-0.3, -0.25) is 0 Å². The Kier molecular flexibility index (Phi) is 4.98. The molecule has 0 radical (unpaired) electrons. The first-order valence-corrected chi connectivity index (χ1v) is 6.27. The Morgan fingerprint density at radius 3 is 2.50 bits per heavy atom. The van der Waals surface area contributed by atoms with Gasteiger partial charge in [0.15, 0.2) is 0 Å².